The second-order valence-corrected chi connectivity index (χ2v) is 6.91. The van der Waals surface area contributed by atoms with Crippen molar-refractivity contribution < 1.29 is 4.74 Å². The highest BCUT2D eigenvalue weighted by Gasteiger charge is 2.19. The summed E-state index contributed by atoms with van der Waals surface area (Å²) in [5, 5.41) is 3.43. The molecule has 1 atom stereocenters. The highest BCUT2D eigenvalue weighted by atomic mass is 16.5. The lowest BCUT2D eigenvalue weighted by Crippen LogP contribution is -2.39. The Morgan fingerprint density at radius 3 is 2.58 bits per heavy atom. The molecule has 0 radical (unpaired) electrons. The van der Waals surface area contributed by atoms with Gasteiger partial charge in [0.1, 0.15) is 12.4 Å². The molecule has 0 saturated heterocycles. The summed E-state index contributed by atoms with van der Waals surface area (Å²) >= 11 is 0. The standard InChI is InChI=1S/C21H28N2O/c1-16(2)23(15-18-7-5-4-6-8-18)17(3)13-19-9-10-21-20(14-19)22-11-12-24-21/h4-10,14,16-17,22H,11-13,15H2,1-3H3. The molecule has 0 aromatic heterocycles. The number of anilines is 1. The Morgan fingerprint density at radius 2 is 1.83 bits per heavy atom. The minimum absolute atomic E-state index is 0.479. The second-order valence-electron chi connectivity index (χ2n) is 6.91. The van der Waals surface area contributed by atoms with Crippen molar-refractivity contribution in [1.29, 1.82) is 0 Å². The molecule has 1 N–H and O–H groups in total. The number of fused-ring (bicyclic) bond motifs is 1. The predicted octanol–water partition coefficient (Wildman–Crippen LogP) is 4.33. The highest BCUT2D eigenvalue weighted by Crippen LogP contribution is 2.29. The summed E-state index contributed by atoms with van der Waals surface area (Å²) in [6, 6.07) is 18.3. The molecular weight excluding hydrogens is 296 g/mol. The highest BCUT2D eigenvalue weighted by molar-refractivity contribution is 5.59. The van der Waals surface area contributed by atoms with E-state index in [0.717, 1.165) is 37.6 Å². The number of hydrogen-bond donors (Lipinski definition) is 1. The van der Waals surface area contributed by atoms with E-state index in [4.69, 9.17) is 4.74 Å². The zero-order chi connectivity index (χ0) is 16.9. The van der Waals surface area contributed by atoms with Gasteiger partial charge in [0, 0.05) is 25.2 Å². The Morgan fingerprint density at radius 1 is 1.04 bits per heavy atom. The van der Waals surface area contributed by atoms with Crippen LogP contribution in [0.1, 0.15) is 31.9 Å². The van der Waals surface area contributed by atoms with Crippen LogP contribution in [0.2, 0.25) is 0 Å². The third-order valence-corrected chi connectivity index (χ3v) is 4.69. The monoisotopic (exact) mass is 324 g/mol. The number of nitrogens with one attached hydrogen (secondary N) is 1. The predicted molar refractivity (Wildman–Crippen MR) is 101 cm³/mol. The van der Waals surface area contributed by atoms with Crippen LogP contribution in [0.15, 0.2) is 48.5 Å². The third kappa shape index (κ3) is 4.09. The van der Waals surface area contributed by atoms with Crippen LogP contribution in [-0.4, -0.2) is 30.1 Å². The fourth-order valence-corrected chi connectivity index (χ4v) is 3.41. The Hall–Kier alpha value is -2.00. The summed E-state index contributed by atoms with van der Waals surface area (Å²) < 4.78 is 5.68. The van der Waals surface area contributed by atoms with E-state index >= 15 is 0 Å². The van der Waals surface area contributed by atoms with Crippen LogP contribution in [0, 0.1) is 0 Å². The lowest BCUT2D eigenvalue weighted by molar-refractivity contribution is 0.154. The first-order valence-corrected chi connectivity index (χ1v) is 8.93. The van der Waals surface area contributed by atoms with Crippen LogP contribution in [0.3, 0.4) is 0 Å². The Bertz CT molecular complexity index is 654. The van der Waals surface area contributed by atoms with Gasteiger partial charge in [-0.05, 0) is 50.5 Å². The molecule has 3 heteroatoms. The lowest BCUT2D eigenvalue weighted by atomic mass is 10.0. The quantitative estimate of drug-likeness (QED) is 0.856. The molecule has 0 fully saturated rings. The molecule has 2 aromatic rings. The molecule has 3 rings (SSSR count). The fraction of sp³-hybridized carbons (Fsp3) is 0.429. The minimum atomic E-state index is 0.479. The van der Waals surface area contributed by atoms with Crippen LogP contribution in [0.5, 0.6) is 5.75 Å². The summed E-state index contributed by atoms with van der Waals surface area (Å²) in [4.78, 5) is 2.57. The zero-order valence-corrected chi connectivity index (χ0v) is 15.0. The van der Waals surface area contributed by atoms with Crippen molar-refractivity contribution in [2.24, 2.45) is 0 Å². The number of ether oxygens (including phenoxy) is 1. The SMILES string of the molecule is CC(C)N(Cc1ccccc1)C(C)Cc1ccc2c(c1)NCCO2. The Labute approximate surface area is 145 Å². The third-order valence-electron chi connectivity index (χ3n) is 4.69. The van der Waals surface area contributed by atoms with Gasteiger partial charge in [0.25, 0.3) is 0 Å². The maximum absolute atomic E-state index is 5.68. The van der Waals surface area contributed by atoms with Gasteiger partial charge in [-0.3, -0.25) is 4.90 Å². The van der Waals surface area contributed by atoms with E-state index in [2.05, 4.69) is 79.5 Å². The largest absolute Gasteiger partial charge is 0.490 e. The van der Waals surface area contributed by atoms with E-state index in [-0.39, 0.29) is 0 Å². The van der Waals surface area contributed by atoms with Crippen molar-refractivity contribution >= 4 is 5.69 Å². The maximum Gasteiger partial charge on any atom is 0.142 e. The molecule has 1 heterocycles. The topological polar surface area (TPSA) is 24.5 Å². The number of rotatable bonds is 6. The molecule has 0 amide bonds. The zero-order valence-electron chi connectivity index (χ0n) is 15.0. The van der Waals surface area contributed by atoms with Crippen LogP contribution in [-0.2, 0) is 13.0 Å². The van der Waals surface area contributed by atoms with Crippen LogP contribution >= 0.6 is 0 Å². The minimum Gasteiger partial charge on any atom is -0.490 e. The average Bonchev–Trinajstić information content (AvgIpc) is 2.60. The van der Waals surface area contributed by atoms with Crippen molar-refractivity contribution in [3.05, 3.63) is 59.7 Å². The van der Waals surface area contributed by atoms with Gasteiger partial charge in [-0.1, -0.05) is 36.4 Å². The summed E-state index contributed by atoms with van der Waals surface area (Å²) in [5.74, 6) is 0.975. The van der Waals surface area contributed by atoms with E-state index in [9.17, 15) is 0 Å². The van der Waals surface area contributed by atoms with Crippen molar-refractivity contribution in [1.82, 2.24) is 4.90 Å². The number of hydrogen-bond acceptors (Lipinski definition) is 3. The van der Waals surface area contributed by atoms with E-state index in [1.54, 1.807) is 0 Å². The Balaban J connectivity index is 1.70. The summed E-state index contributed by atoms with van der Waals surface area (Å²) in [5.41, 5.74) is 3.86. The van der Waals surface area contributed by atoms with E-state index < -0.39 is 0 Å². The van der Waals surface area contributed by atoms with Gasteiger partial charge >= 0.3 is 0 Å². The van der Waals surface area contributed by atoms with Crippen molar-refractivity contribution in [3.63, 3.8) is 0 Å². The number of nitrogens with zero attached hydrogens (tertiary/aromatic N) is 1. The van der Waals surface area contributed by atoms with E-state index in [1.807, 2.05) is 0 Å². The molecule has 0 saturated carbocycles. The Kier molecular flexibility index (Phi) is 5.41. The molecule has 2 aromatic carbocycles. The molecule has 0 spiro atoms. The first-order chi connectivity index (χ1) is 11.6. The number of benzene rings is 2. The molecule has 1 aliphatic rings. The van der Waals surface area contributed by atoms with Gasteiger partial charge in [-0.15, -0.1) is 0 Å². The van der Waals surface area contributed by atoms with Gasteiger partial charge in [-0.2, -0.15) is 0 Å². The first-order valence-electron chi connectivity index (χ1n) is 8.93. The van der Waals surface area contributed by atoms with Crippen molar-refractivity contribution in [2.45, 2.75) is 45.8 Å². The molecular formula is C21H28N2O. The molecule has 128 valence electrons. The molecule has 1 unspecified atom stereocenters. The van der Waals surface area contributed by atoms with Crippen molar-refractivity contribution in [2.75, 3.05) is 18.5 Å². The fourth-order valence-electron chi connectivity index (χ4n) is 3.41. The van der Waals surface area contributed by atoms with Gasteiger partial charge in [0.2, 0.25) is 0 Å². The molecule has 0 bridgehead atoms. The average molecular weight is 324 g/mol. The molecule has 0 aliphatic carbocycles. The van der Waals surface area contributed by atoms with Gasteiger partial charge in [-0.25, -0.2) is 0 Å². The summed E-state index contributed by atoms with van der Waals surface area (Å²) in [6.07, 6.45) is 1.04. The first kappa shape index (κ1) is 16.8. The van der Waals surface area contributed by atoms with Crippen molar-refractivity contribution in [3.8, 4) is 5.75 Å². The van der Waals surface area contributed by atoms with Gasteiger partial charge in [0.15, 0.2) is 0 Å². The molecule has 1 aliphatic heterocycles. The smallest absolute Gasteiger partial charge is 0.142 e. The van der Waals surface area contributed by atoms with Crippen LogP contribution in [0.4, 0.5) is 5.69 Å². The van der Waals surface area contributed by atoms with E-state index in [0.29, 0.717) is 12.1 Å². The van der Waals surface area contributed by atoms with Gasteiger partial charge in [0.05, 0.1) is 5.69 Å². The van der Waals surface area contributed by atoms with E-state index in [1.165, 1.54) is 11.1 Å². The second kappa shape index (κ2) is 7.71. The maximum atomic E-state index is 5.68. The summed E-state index contributed by atoms with van der Waals surface area (Å²) in [7, 11) is 0. The normalized spacial score (nSPS) is 14.9. The molecule has 24 heavy (non-hydrogen) atoms. The molecule has 3 nitrogen and oxygen atoms in total. The van der Waals surface area contributed by atoms with Gasteiger partial charge < -0.3 is 10.1 Å². The van der Waals surface area contributed by atoms with Crippen LogP contribution < -0.4 is 10.1 Å². The summed E-state index contributed by atoms with van der Waals surface area (Å²) in [6.45, 7) is 9.51. The lowest BCUT2D eigenvalue weighted by Gasteiger charge is -2.33. The van der Waals surface area contributed by atoms with Crippen LogP contribution in [0.25, 0.3) is 0 Å².